The fraction of sp³-hybridized carbons (Fsp3) is 0.375. The molecule has 0 radical (unpaired) electrons. The number of para-hydroxylation sites is 1. The van der Waals surface area contributed by atoms with Crippen LogP contribution in [0.5, 0.6) is 0 Å². The number of carbonyl (C=O) groups is 1. The zero-order chi connectivity index (χ0) is 20.6. The maximum absolute atomic E-state index is 13.0. The van der Waals surface area contributed by atoms with Gasteiger partial charge in [0, 0.05) is 31.6 Å². The van der Waals surface area contributed by atoms with Crippen LogP contribution in [0.4, 0.5) is 0 Å². The van der Waals surface area contributed by atoms with Crippen LogP contribution in [0.15, 0.2) is 59.4 Å². The lowest BCUT2D eigenvalue weighted by Gasteiger charge is -2.39. The molecule has 1 spiro atoms. The monoisotopic (exact) mass is 402 g/mol. The van der Waals surface area contributed by atoms with Crippen molar-refractivity contribution in [3.63, 3.8) is 0 Å². The van der Waals surface area contributed by atoms with E-state index in [0.717, 1.165) is 32.5 Å². The second-order valence-electron chi connectivity index (χ2n) is 8.69. The fourth-order valence-corrected chi connectivity index (χ4v) is 4.96. The Kier molecular flexibility index (Phi) is 4.87. The number of nitrogens with one attached hydrogen (secondary N) is 1. The molecule has 2 fully saturated rings. The quantitative estimate of drug-likeness (QED) is 0.731. The van der Waals surface area contributed by atoms with Gasteiger partial charge in [-0.15, -0.1) is 0 Å². The first-order valence-corrected chi connectivity index (χ1v) is 10.7. The summed E-state index contributed by atoms with van der Waals surface area (Å²) in [5.74, 6) is -0.254. The molecular formula is C24H26N4O2. The van der Waals surface area contributed by atoms with Crippen molar-refractivity contribution in [1.82, 2.24) is 20.0 Å². The Hall–Kier alpha value is -2.99. The number of aromatic amines is 1. The highest BCUT2D eigenvalue weighted by Gasteiger charge is 2.41. The van der Waals surface area contributed by atoms with Gasteiger partial charge in [-0.2, -0.15) is 5.10 Å². The van der Waals surface area contributed by atoms with E-state index in [-0.39, 0.29) is 22.4 Å². The number of fused-ring (bicyclic) bond motifs is 1. The Bertz CT molecular complexity index is 1120. The molecule has 2 aromatic carbocycles. The van der Waals surface area contributed by atoms with Gasteiger partial charge in [0.1, 0.15) is 0 Å². The standard InChI is InChI=1S/C24H26N4O2/c29-22-19-8-4-5-9-20(19)25-26-21(22)23(30)28-14-11-24(12-15-28)10-13-27(17-24)16-18-6-2-1-3-7-18/h1-9H,10-17H2,(H,25,29). The molecule has 0 unspecified atom stereocenters. The van der Waals surface area contributed by atoms with Crippen LogP contribution in [-0.2, 0) is 6.54 Å². The van der Waals surface area contributed by atoms with Gasteiger partial charge in [0.05, 0.1) is 5.52 Å². The molecule has 0 aliphatic carbocycles. The second-order valence-corrected chi connectivity index (χ2v) is 8.69. The van der Waals surface area contributed by atoms with Gasteiger partial charge in [-0.3, -0.25) is 19.6 Å². The molecule has 0 bridgehead atoms. The van der Waals surface area contributed by atoms with Crippen molar-refractivity contribution in [2.45, 2.75) is 25.8 Å². The van der Waals surface area contributed by atoms with Crippen LogP contribution in [0.2, 0.25) is 0 Å². The molecule has 1 N–H and O–H groups in total. The van der Waals surface area contributed by atoms with E-state index in [0.29, 0.717) is 24.0 Å². The van der Waals surface area contributed by atoms with Crippen LogP contribution in [0.1, 0.15) is 35.3 Å². The predicted octanol–water partition coefficient (Wildman–Crippen LogP) is 3.05. The normalized spacial score (nSPS) is 18.9. The number of aromatic nitrogens is 2. The van der Waals surface area contributed by atoms with Crippen LogP contribution >= 0.6 is 0 Å². The number of benzene rings is 2. The molecular weight excluding hydrogens is 376 g/mol. The SMILES string of the molecule is O=C(c1n[nH]c2ccccc2c1=O)N1CCC2(CCN(Cc3ccccc3)C2)CC1. The fourth-order valence-electron chi connectivity index (χ4n) is 4.96. The first-order valence-electron chi connectivity index (χ1n) is 10.7. The summed E-state index contributed by atoms with van der Waals surface area (Å²) in [5.41, 5.74) is 2.01. The minimum Gasteiger partial charge on any atom is -0.337 e. The van der Waals surface area contributed by atoms with Gasteiger partial charge >= 0.3 is 0 Å². The summed E-state index contributed by atoms with van der Waals surface area (Å²) in [6.45, 7) is 4.55. The van der Waals surface area contributed by atoms with Gasteiger partial charge < -0.3 is 4.90 Å². The largest absolute Gasteiger partial charge is 0.337 e. The topological polar surface area (TPSA) is 69.3 Å². The maximum atomic E-state index is 13.0. The zero-order valence-corrected chi connectivity index (χ0v) is 17.0. The average Bonchev–Trinajstić information content (AvgIpc) is 3.17. The van der Waals surface area contributed by atoms with E-state index in [1.165, 1.54) is 12.0 Å². The summed E-state index contributed by atoms with van der Waals surface area (Å²) in [6.07, 6.45) is 3.14. The average molecular weight is 402 g/mol. The zero-order valence-electron chi connectivity index (χ0n) is 17.0. The number of piperidine rings is 1. The van der Waals surface area contributed by atoms with Crippen LogP contribution in [0.25, 0.3) is 10.9 Å². The molecule has 5 rings (SSSR count). The van der Waals surface area contributed by atoms with E-state index in [4.69, 9.17) is 0 Å². The van der Waals surface area contributed by atoms with Crippen molar-refractivity contribution >= 4 is 16.8 Å². The summed E-state index contributed by atoms with van der Waals surface area (Å²) in [6, 6.07) is 17.8. The van der Waals surface area contributed by atoms with Crippen LogP contribution in [-0.4, -0.2) is 52.1 Å². The van der Waals surface area contributed by atoms with E-state index in [1.807, 2.05) is 6.07 Å². The lowest BCUT2D eigenvalue weighted by atomic mass is 9.77. The molecule has 1 amide bonds. The first-order chi connectivity index (χ1) is 14.6. The molecule has 0 atom stereocenters. The van der Waals surface area contributed by atoms with Crippen molar-refractivity contribution < 1.29 is 4.79 Å². The van der Waals surface area contributed by atoms with Crippen molar-refractivity contribution in [3.8, 4) is 0 Å². The summed E-state index contributed by atoms with van der Waals surface area (Å²) in [7, 11) is 0. The van der Waals surface area contributed by atoms with Gasteiger partial charge in [-0.25, -0.2) is 0 Å². The van der Waals surface area contributed by atoms with Crippen molar-refractivity contribution in [1.29, 1.82) is 0 Å². The minimum atomic E-state index is -0.287. The van der Waals surface area contributed by atoms with Crippen molar-refractivity contribution in [2.75, 3.05) is 26.2 Å². The Morgan fingerprint density at radius 1 is 0.967 bits per heavy atom. The molecule has 3 aromatic rings. The number of nitrogens with zero attached hydrogens (tertiary/aromatic N) is 3. The smallest absolute Gasteiger partial charge is 0.278 e. The van der Waals surface area contributed by atoms with Gasteiger partial charge in [0.2, 0.25) is 5.43 Å². The van der Waals surface area contributed by atoms with E-state index in [2.05, 4.69) is 45.4 Å². The van der Waals surface area contributed by atoms with Crippen molar-refractivity contribution in [2.24, 2.45) is 5.41 Å². The third-order valence-electron chi connectivity index (χ3n) is 6.76. The van der Waals surface area contributed by atoms with Gasteiger partial charge in [-0.05, 0) is 48.9 Å². The summed E-state index contributed by atoms with van der Waals surface area (Å²) in [4.78, 5) is 30.1. The third-order valence-corrected chi connectivity index (χ3v) is 6.76. The number of rotatable bonds is 3. The minimum absolute atomic E-state index is 0.00164. The number of hydrogen-bond donors (Lipinski definition) is 1. The number of amides is 1. The molecule has 154 valence electrons. The molecule has 1 aromatic heterocycles. The van der Waals surface area contributed by atoms with Gasteiger partial charge in [-0.1, -0.05) is 42.5 Å². The number of carbonyl (C=O) groups excluding carboxylic acids is 1. The maximum Gasteiger partial charge on any atom is 0.278 e. The number of likely N-dealkylation sites (tertiary alicyclic amines) is 2. The van der Waals surface area contributed by atoms with Gasteiger partial charge in [0.25, 0.3) is 5.91 Å². The molecule has 3 heterocycles. The first kappa shape index (κ1) is 19.0. The molecule has 2 saturated heterocycles. The van der Waals surface area contributed by atoms with Gasteiger partial charge in [0.15, 0.2) is 5.69 Å². The number of hydrogen-bond acceptors (Lipinski definition) is 4. The second kappa shape index (κ2) is 7.69. The Labute approximate surface area is 175 Å². The highest BCUT2D eigenvalue weighted by molar-refractivity contribution is 5.95. The van der Waals surface area contributed by atoms with Crippen LogP contribution < -0.4 is 5.43 Å². The molecule has 6 heteroatoms. The molecule has 2 aliphatic heterocycles. The van der Waals surface area contributed by atoms with E-state index in [9.17, 15) is 9.59 Å². The lowest BCUT2D eigenvalue weighted by Crippen LogP contribution is -2.45. The summed E-state index contributed by atoms with van der Waals surface area (Å²) in [5, 5.41) is 7.46. The molecule has 30 heavy (non-hydrogen) atoms. The third kappa shape index (κ3) is 3.52. The van der Waals surface area contributed by atoms with E-state index < -0.39 is 0 Å². The summed E-state index contributed by atoms with van der Waals surface area (Å²) < 4.78 is 0. The highest BCUT2D eigenvalue weighted by atomic mass is 16.2. The van der Waals surface area contributed by atoms with Crippen LogP contribution in [0.3, 0.4) is 0 Å². The number of H-pyrrole nitrogens is 1. The molecule has 0 saturated carbocycles. The lowest BCUT2D eigenvalue weighted by molar-refractivity contribution is 0.0580. The van der Waals surface area contributed by atoms with Crippen molar-refractivity contribution in [3.05, 3.63) is 76.1 Å². The Morgan fingerprint density at radius 3 is 2.47 bits per heavy atom. The highest BCUT2D eigenvalue weighted by Crippen LogP contribution is 2.41. The van der Waals surface area contributed by atoms with Crippen LogP contribution in [0, 0.1) is 5.41 Å². The summed E-state index contributed by atoms with van der Waals surface area (Å²) >= 11 is 0. The van der Waals surface area contributed by atoms with E-state index in [1.54, 1.807) is 23.1 Å². The van der Waals surface area contributed by atoms with E-state index >= 15 is 0 Å². The molecule has 6 nitrogen and oxygen atoms in total. The molecule has 2 aliphatic rings. The Morgan fingerprint density at radius 2 is 1.67 bits per heavy atom. The predicted molar refractivity (Wildman–Crippen MR) is 116 cm³/mol. The Balaban J connectivity index is 1.25.